The molecule has 0 amide bonds. The van der Waals surface area contributed by atoms with Gasteiger partial charge in [-0.05, 0) is 53.8 Å². The molecule has 0 aliphatic carbocycles. The Morgan fingerprint density at radius 3 is 1.96 bits per heavy atom. The van der Waals surface area contributed by atoms with Crippen molar-refractivity contribution in [1.29, 1.82) is 0 Å². The smallest absolute Gasteiger partial charge is 0.200 e. The summed E-state index contributed by atoms with van der Waals surface area (Å²) in [5.74, 6) is 0.640. The minimum Gasteiger partial charge on any atom is -0.416 e. The monoisotopic (exact) mass is 388 g/mol. The van der Waals surface area contributed by atoms with Gasteiger partial charge in [0, 0.05) is 6.61 Å². The predicted octanol–water partition coefficient (Wildman–Crippen LogP) is 8.17. The van der Waals surface area contributed by atoms with E-state index in [2.05, 4.69) is 84.5 Å². The van der Waals surface area contributed by atoms with Crippen LogP contribution in [0, 0.1) is 5.92 Å². The Labute approximate surface area is 170 Å². The maximum Gasteiger partial charge on any atom is 0.200 e. The molecule has 154 valence electrons. The Balaban J connectivity index is 2.30. The zero-order chi connectivity index (χ0) is 20.3. The van der Waals surface area contributed by atoms with E-state index >= 15 is 0 Å². The van der Waals surface area contributed by atoms with E-state index in [0.29, 0.717) is 22.5 Å². The molecule has 2 heteroatoms. The Bertz CT molecular complexity index is 485. The lowest BCUT2D eigenvalue weighted by molar-refractivity contribution is 0.266. The molecule has 0 saturated heterocycles. The molecule has 0 spiro atoms. The number of hydrogen-bond donors (Lipinski definition) is 0. The third-order valence-corrected chi connectivity index (χ3v) is 12.4. The van der Waals surface area contributed by atoms with Gasteiger partial charge >= 0.3 is 0 Å². The lowest BCUT2D eigenvalue weighted by Crippen LogP contribution is -2.47. The molecule has 1 aromatic carbocycles. The fraction of sp³-hybridized carbons (Fsp3) is 0.680. The van der Waals surface area contributed by atoms with Gasteiger partial charge in [-0.1, -0.05) is 90.8 Å². The van der Waals surface area contributed by atoms with Crippen LogP contribution in [-0.2, 0) is 10.8 Å². The maximum atomic E-state index is 6.67. The molecule has 1 aromatic rings. The molecule has 1 atom stereocenters. The number of rotatable bonds is 14. The van der Waals surface area contributed by atoms with Crippen molar-refractivity contribution >= 4 is 8.32 Å². The molecule has 0 aliphatic heterocycles. The van der Waals surface area contributed by atoms with Crippen molar-refractivity contribution in [2.24, 2.45) is 5.92 Å². The maximum absolute atomic E-state index is 6.67. The molecule has 1 rings (SSSR count). The second kappa shape index (κ2) is 12.6. The van der Waals surface area contributed by atoms with Gasteiger partial charge < -0.3 is 4.43 Å². The topological polar surface area (TPSA) is 9.23 Å². The normalized spacial score (nSPS) is 13.5. The van der Waals surface area contributed by atoms with Crippen molar-refractivity contribution in [2.75, 3.05) is 6.61 Å². The van der Waals surface area contributed by atoms with Crippen molar-refractivity contribution in [3.63, 3.8) is 0 Å². The molecular weight excluding hydrogens is 344 g/mol. The molecule has 1 nitrogen and oxygen atoms in total. The summed E-state index contributed by atoms with van der Waals surface area (Å²) in [5.41, 5.74) is 3.48. The van der Waals surface area contributed by atoms with Crippen LogP contribution in [-0.4, -0.2) is 14.9 Å². The van der Waals surface area contributed by atoms with E-state index in [4.69, 9.17) is 4.43 Å². The summed E-state index contributed by atoms with van der Waals surface area (Å²) < 4.78 is 6.67. The highest BCUT2D eigenvalue weighted by Crippen LogP contribution is 2.42. The summed E-state index contributed by atoms with van der Waals surface area (Å²) in [6, 6.07) is 10.8. The fourth-order valence-electron chi connectivity index (χ4n) is 4.81. The van der Waals surface area contributed by atoms with Crippen LogP contribution in [0.15, 0.2) is 43.0 Å². The summed E-state index contributed by atoms with van der Waals surface area (Å²) in [7, 11) is -1.68. The Kier molecular flexibility index (Phi) is 11.3. The largest absolute Gasteiger partial charge is 0.416 e. The average Bonchev–Trinajstić information content (AvgIpc) is 2.63. The molecule has 0 aliphatic rings. The number of hydrogen-bond acceptors (Lipinski definition) is 1. The van der Waals surface area contributed by atoms with E-state index in [1.807, 2.05) is 0 Å². The summed E-state index contributed by atoms with van der Waals surface area (Å²) in [6.07, 6.45) is 9.55. The molecule has 0 fully saturated rings. The highest BCUT2D eigenvalue weighted by molar-refractivity contribution is 6.77. The van der Waals surface area contributed by atoms with E-state index in [0.717, 1.165) is 13.0 Å². The first kappa shape index (κ1) is 24.2. The minimum absolute atomic E-state index is 0.640. The average molecular weight is 389 g/mol. The summed E-state index contributed by atoms with van der Waals surface area (Å²) in [5, 5.41) is 0. The third-order valence-electron chi connectivity index (χ3n) is 6.26. The van der Waals surface area contributed by atoms with Crippen LogP contribution in [0.3, 0.4) is 0 Å². The van der Waals surface area contributed by atoms with Gasteiger partial charge in [0.2, 0.25) is 0 Å². The quantitative estimate of drug-likeness (QED) is 0.177. The second-order valence-corrected chi connectivity index (χ2v) is 14.5. The van der Waals surface area contributed by atoms with Gasteiger partial charge in [-0.25, -0.2) is 0 Å². The van der Waals surface area contributed by atoms with Gasteiger partial charge in [0.15, 0.2) is 8.32 Å². The SMILES string of the molecule is C=C[C@@H](CCCCCO[Si](C(C)C)(C(C)C)C(C)C)CCc1ccccc1. The Morgan fingerprint density at radius 1 is 0.852 bits per heavy atom. The number of aryl methyl sites for hydroxylation is 1. The molecular formula is C25H44OSi. The standard InChI is InChI=1S/C25H44OSi/c1-8-24(18-19-25-16-11-9-12-17-25)15-13-10-14-20-26-27(21(2)3,22(4)5)23(6)7/h8-9,11-12,16-17,21-24H,1,10,13-15,18-20H2,2-7H3/t24-/m0/s1. The zero-order valence-corrected chi connectivity index (χ0v) is 19.8. The number of unbranched alkanes of at least 4 members (excludes halogenated alkanes) is 2. The molecule has 0 N–H and O–H groups in total. The van der Waals surface area contributed by atoms with Crippen LogP contribution in [0.25, 0.3) is 0 Å². The fourth-order valence-corrected chi connectivity index (χ4v) is 10.3. The van der Waals surface area contributed by atoms with Crippen LogP contribution in [0.1, 0.15) is 79.2 Å². The molecule has 0 aromatic heterocycles. The van der Waals surface area contributed by atoms with Gasteiger partial charge in [0.05, 0.1) is 0 Å². The van der Waals surface area contributed by atoms with E-state index in [9.17, 15) is 0 Å². The first-order valence-corrected chi connectivity index (χ1v) is 13.3. The van der Waals surface area contributed by atoms with Gasteiger partial charge in [-0.3, -0.25) is 0 Å². The van der Waals surface area contributed by atoms with Gasteiger partial charge in [0.1, 0.15) is 0 Å². The van der Waals surface area contributed by atoms with Crippen molar-refractivity contribution in [2.45, 2.75) is 96.7 Å². The first-order chi connectivity index (χ1) is 12.8. The van der Waals surface area contributed by atoms with Gasteiger partial charge in [-0.15, -0.1) is 6.58 Å². The van der Waals surface area contributed by atoms with E-state index in [-0.39, 0.29) is 0 Å². The van der Waals surface area contributed by atoms with Gasteiger partial charge in [-0.2, -0.15) is 0 Å². The second-order valence-electron chi connectivity index (χ2n) is 9.04. The molecule has 0 saturated carbocycles. The molecule has 0 radical (unpaired) electrons. The van der Waals surface area contributed by atoms with Crippen LogP contribution in [0.5, 0.6) is 0 Å². The first-order valence-electron chi connectivity index (χ1n) is 11.1. The van der Waals surface area contributed by atoms with E-state index in [1.54, 1.807) is 0 Å². The number of benzene rings is 1. The minimum atomic E-state index is -1.68. The highest BCUT2D eigenvalue weighted by Gasteiger charge is 2.44. The van der Waals surface area contributed by atoms with Crippen LogP contribution in [0.2, 0.25) is 16.6 Å². The highest BCUT2D eigenvalue weighted by atomic mass is 28.4. The van der Waals surface area contributed by atoms with Gasteiger partial charge in [0.25, 0.3) is 0 Å². The van der Waals surface area contributed by atoms with Crippen LogP contribution >= 0.6 is 0 Å². The van der Waals surface area contributed by atoms with Crippen molar-refractivity contribution in [1.82, 2.24) is 0 Å². The number of allylic oxidation sites excluding steroid dienone is 1. The summed E-state index contributed by atoms with van der Waals surface area (Å²) in [6.45, 7) is 19.2. The van der Waals surface area contributed by atoms with E-state index < -0.39 is 8.32 Å². The predicted molar refractivity (Wildman–Crippen MR) is 124 cm³/mol. The molecule has 0 heterocycles. The molecule has 0 unspecified atom stereocenters. The lowest BCUT2D eigenvalue weighted by atomic mass is 9.94. The van der Waals surface area contributed by atoms with Crippen LogP contribution in [0.4, 0.5) is 0 Å². The van der Waals surface area contributed by atoms with Crippen molar-refractivity contribution < 1.29 is 4.43 Å². The zero-order valence-electron chi connectivity index (χ0n) is 18.8. The van der Waals surface area contributed by atoms with Crippen molar-refractivity contribution in [3.05, 3.63) is 48.6 Å². The summed E-state index contributed by atoms with van der Waals surface area (Å²) in [4.78, 5) is 0. The van der Waals surface area contributed by atoms with Crippen molar-refractivity contribution in [3.8, 4) is 0 Å². The Hall–Kier alpha value is -0.863. The molecule has 27 heavy (non-hydrogen) atoms. The Morgan fingerprint density at radius 2 is 1.44 bits per heavy atom. The lowest BCUT2D eigenvalue weighted by Gasteiger charge is -2.42. The van der Waals surface area contributed by atoms with Crippen LogP contribution < -0.4 is 0 Å². The summed E-state index contributed by atoms with van der Waals surface area (Å²) >= 11 is 0. The molecule has 0 bridgehead atoms. The van der Waals surface area contributed by atoms with E-state index in [1.165, 1.54) is 37.7 Å². The third kappa shape index (κ3) is 7.58.